The summed E-state index contributed by atoms with van der Waals surface area (Å²) in [5.74, 6) is -0.934. The number of urea groups is 1. The third-order valence-corrected chi connectivity index (χ3v) is 3.72. The van der Waals surface area contributed by atoms with Crippen molar-refractivity contribution in [1.82, 2.24) is 10.6 Å². The third kappa shape index (κ3) is 5.84. The van der Waals surface area contributed by atoms with Gasteiger partial charge in [-0.15, -0.1) is 0 Å². The molecule has 1 aromatic carbocycles. The summed E-state index contributed by atoms with van der Waals surface area (Å²) in [4.78, 5) is 12.3. The van der Waals surface area contributed by atoms with E-state index in [4.69, 9.17) is 9.15 Å². The number of hydrogen-bond donors (Lipinski definition) is 2. The fourth-order valence-corrected chi connectivity index (χ4v) is 2.37. The van der Waals surface area contributed by atoms with Crippen LogP contribution in [0.2, 0.25) is 0 Å². The van der Waals surface area contributed by atoms with Crippen LogP contribution in [-0.2, 0) is 4.74 Å². The van der Waals surface area contributed by atoms with Crippen LogP contribution in [0.3, 0.4) is 0 Å². The number of furan rings is 1. The predicted octanol–water partition coefficient (Wildman–Crippen LogP) is 4.33. The second kappa shape index (κ2) is 9.33. The van der Waals surface area contributed by atoms with Crippen molar-refractivity contribution in [3.8, 4) is 0 Å². The molecule has 0 aliphatic rings. The number of nitrogens with one attached hydrogen (secondary N) is 2. The predicted molar refractivity (Wildman–Crippen MR) is 93.5 cm³/mol. The molecule has 0 fully saturated rings. The van der Waals surface area contributed by atoms with E-state index in [2.05, 4.69) is 10.6 Å². The highest BCUT2D eigenvalue weighted by Gasteiger charge is 2.19. The average molecular weight is 366 g/mol. The Morgan fingerprint density at radius 1 is 1.12 bits per heavy atom. The van der Waals surface area contributed by atoms with Crippen molar-refractivity contribution >= 4 is 6.03 Å². The van der Waals surface area contributed by atoms with E-state index < -0.39 is 29.7 Å². The van der Waals surface area contributed by atoms with Gasteiger partial charge in [-0.1, -0.05) is 19.9 Å². The van der Waals surface area contributed by atoms with Gasteiger partial charge in [-0.05, 0) is 42.7 Å². The van der Waals surface area contributed by atoms with Gasteiger partial charge in [-0.3, -0.25) is 0 Å². The molecule has 7 heteroatoms. The summed E-state index contributed by atoms with van der Waals surface area (Å²) >= 11 is 0. The number of rotatable bonds is 8. The molecule has 0 aliphatic carbocycles. The number of carbonyl (C=O) groups excluding carboxylic acids is 1. The normalized spacial score (nSPS) is 13.5. The van der Waals surface area contributed by atoms with Crippen molar-refractivity contribution in [2.75, 3.05) is 13.2 Å². The second-order valence-electron chi connectivity index (χ2n) is 6.51. The van der Waals surface area contributed by atoms with Gasteiger partial charge in [0.15, 0.2) is 11.6 Å². The van der Waals surface area contributed by atoms with Gasteiger partial charge in [0.25, 0.3) is 0 Å². The first-order valence-corrected chi connectivity index (χ1v) is 8.50. The first-order chi connectivity index (χ1) is 12.4. The minimum Gasteiger partial charge on any atom is -0.467 e. The maximum absolute atomic E-state index is 13.3. The van der Waals surface area contributed by atoms with Crippen molar-refractivity contribution in [1.29, 1.82) is 0 Å². The molecule has 0 radical (unpaired) electrons. The maximum Gasteiger partial charge on any atom is 0.315 e. The molecule has 0 bridgehead atoms. The SMILES string of the molecule is CC(C)COCC(NC(=O)NC(C)c1ccc(F)c(F)c1)c1ccco1. The summed E-state index contributed by atoms with van der Waals surface area (Å²) in [5.41, 5.74) is 0.463. The molecule has 2 unspecified atom stereocenters. The summed E-state index contributed by atoms with van der Waals surface area (Å²) in [6.07, 6.45) is 1.52. The highest BCUT2D eigenvalue weighted by Crippen LogP contribution is 2.17. The molecule has 0 saturated heterocycles. The number of benzene rings is 1. The van der Waals surface area contributed by atoms with Crippen LogP contribution in [0.5, 0.6) is 0 Å². The van der Waals surface area contributed by atoms with Gasteiger partial charge >= 0.3 is 6.03 Å². The van der Waals surface area contributed by atoms with Crippen LogP contribution >= 0.6 is 0 Å². The van der Waals surface area contributed by atoms with Crippen molar-refractivity contribution in [3.63, 3.8) is 0 Å². The maximum atomic E-state index is 13.3. The molecule has 0 aliphatic heterocycles. The minimum absolute atomic E-state index is 0.263. The van der Waals surface area contributed by atoms with Gasteiger partial charge in [0.1, 0.15) is 11.8 Å². The Kier molecular flexibility index (Phi) is 7.15. The smallest absolute Gasteiger partial charge is 0.315 e. The number of carbonyl (C=O) groups is 1. The third-order valence-electron chi connectivity index (χ3n) is 3.72. The lowest BCUT2D eigenvalue weighted by molar-refractivity contribution is 0.0867. The van der Waals surface area contributed by atoms with Crippen LogP contribution in [0.25, 0.3) is 0 Å². The molecule has 2 atom stereocenters. The molecule has 2 rings (SSSR count). The monoisotopic (exact) mass is 366 g/mol. The zero-order valence-electron chi connectivity index (χ0n) is 15.1. The van der Waals surface area contributed by atoms with Crippen LogP contribution in [0.1, 0.15) is 44.2 Å². The molecule has 5 nitrogen and oxygen atoms in total. The lowest BCUT2D eigenvalue weighted by Crippen LogP contribution is -2.40. The molecule has 0 saturated carbocycles. The summed E-state index contributed by atoms with van der Waals surface area (Å²) in [5, 5.41) is 5.48. The fraction of sp³-hybridized carbons (Fsp3) is 0.421. The zero-order chi connectivity index (χ0) is 19.1. The van der Waals surface area contributed by atoms with Gasteiger partial charge < -0.3 is 19.8 Å². The summed E-state index contributed by atoms with van der Waals surface area (Å²) in [6, 6.07) is 5.59. The molecular weight excluding hydrogens is 342 g/mol. The Labute approximate surface area is 151 Å². The lowest BCUT2D eigenvalue weighted by Gasteiger charge is -2.20. The topological polar surface area (TPSA) is 63.5 Å². The first kappa shape index (κ1) is 19.9. The Bertz CT molecular complexity index is 705. The molecule has 1 heterocycles. The Morgan fingerprint density at radius 3 is 2.50 bits per heavy atom. The second-order valence-corrected chi connectivity index (χ2v) is 6.51. The van der Waals surface area contributed by atoms with Crippen LogP contribution in [0, 0.1) is 17.6 Å². The number of amides is 2. The quantitative estimate of drug-likeness (QED) is 0.731. The van der Waals surface area contributed by atoms with Crippen molar-refractivity contribution in [2.45, 2.75) is 32.9 Å². The first-order valence-electron chi connectivity index (χ1n) is 8.50. The van der Waals surface area contributed by atoms with Gasteiger partial charge in [0.2, 0.25) is 0 Å². The van der Waals surface area contributed by atoms with E-state index in [0.717, 1.165) is 12.1 Å². The highest BCUT2D eigenvalue weighted by atomic mass is 19.2. The molecule has 142 valence electrons. The Balaban J connectivity index is 1.96. The van der Waals surface area contributed by atoms with E-state index in [-0.39, 0.29) is 6.61 Å². The van der Waals surface area contributed by atoms with Crippen molar-refractivity contribution in [3.05, 3.63) is 59.6 Å². The zero-order valence-corrected chi connectivity index (χ0v) is 15.1. The van der Waals surface area contributed by atoms with E-state index in [1.165, 1.54) is 12.3 Å². The fourth-order valence-electron chi connectivity index (χ4n) is 2.37. The van der Waals surface area contributed by atoms with Gasteiger partial charge in [-0.2, -0.15) is 0 Å². The van der Waals surface area contributed by atoms with Gasteiger partial charge in [-0.25, -0.2) is 13.6 Å². The van der Waals surface area contributed by atoms with E-state index >= 15 is 0 Å². The molecule has 2 amide bonds. The Hall–Kier alpha value is -2.41. The number of halogens is 2. The standard InChI is InChI=1S/C19H24F2N2O3/c1-12(2)10-25-11-17(18-5-4-8-26-18)23-19(24)22-13(3)14-6-7-15(20)16(21)9-14/h4-9,12-13,17H,10-11H2,1-3H3,(H2,22,23,24). The summed E-state index contributed by atoms with van der Waals surface area (Å²) in [7, 11) is 0. The number of ether oxygens (including phenoxy) is 1. The van der Waals surface area contributed by atoms with Crippen LogP contribution in [-0.4, -0.2) is 19.2 Å². The van der Waals surface area contributed by atoms with Crippen molar-refractivity contribution < 1.29 is 22.7 Å². The number of hydrogen-bond acceptors (Lipinski definition) is 3. The summed E-state index contributed by atoms with van der Waals surface area (Å²) in [6.45, 7) is 6.57. The molecule has 2 N–H and O–H groups in total. The lowest BCUT2D eigenvalue weighted by atomic mass is 10.1. The molecule has 0 spiro atoms. The minimum atomic E-state index is -0.952. The van der Waals surface area contributed by atoms with Crippen LogP contribution < -0.4 is 10.6 Å². The molecule has 26 heavy (non-hydrogen) atoms. The molecule has 2 aromatic rings. The Morgan fingerprint density at radius 2 is 1.88 bits per heavy atom. The van der Waals surface area contributed by atoms with E-state index in [1.54, 1.807) is 19.1 Å². The average Bonchev–Trinajstić information content (AvgIpc) is 3.10. The van der Waals surface area contributed by atoms with Gasteiger partial charge in [0.05, 0.1) is 18.9 Å². The largest absolute Gasteiger partial charge is 0.467 e. The summed E-state index contributed by atoms with van der Waals surface area (Å²) < 4.78 is 37.3. The van der Waals surface area contributed by atoms with E-state index in [1.807, 2.05) is 13.8 Å². The highest BCUT2D eigenvalue weighted by molar-refractivity contribution is 5.74. The van der Waals surface area contributed by atoms with Crippen LogP contribution in [0.4, 0.5) is 13.6 Å². The van der Waals surface area contributed by atoms with E-state index in [0.29, 0.717) is 23.8 Å². The van der Waals surface area contributed by atoms with Crippen molar-refractivity contribution in [2.24, 2.45) is 5.92 Å². The van der Waals surface area contributed by atoms with E-state index in [9.17, 15) is 13.6 Å². The molecular formula is C19H24F2N2O3. The van der Waals surface area contributed by atoms with Gasteiger partial charge in [0, 0.05) is 6.61 Å². The van der Waals surface area contributed by atoms with Crippen LogP contribution in [0.15, 0.2) is 41.0 Å². The molecule has 1 aromatic heterocycles.